The summed E-state index contributed by atoms with van der Waals surface area (Å²) >= 11 is 0. The molecule has 0 amide bonds. The van der Waals surface area contributed by atoms with Gasteiger partial charge in [0.15, 0.2) is 0 Å². The third-order valence-electron chi connectivity index (χ3n) is 13.3. The van der Waals surface area contributed by atoms with E-state index in [-0.39, 0.29) is 0 Å². The topological polar surface area (TPSA) is 9.23 Å². The fraction of sp³-hybridized carbons (Fsp3) is 1.00. The van der Waals surface area contributed by atoms with Crippen LogP contribution in [0.2, 0.25) is 0 Å². The van der Waals surface area contributed by atoms with Gasteiger partial charge in [0.2, 0.25) is 0 Å². The lowest BCUT2D eigenvalue weighted by atomic mass is 10.0. The van der Waals surface area contributed by atoms with Crippen LogP contribution in [0, 0.1) is 0 Å². The van der Waals surface area contributed by atoms with Gasteiger partial charge in [0, 0.05) is 13.2 Å². The predicted molar refractivity (Wildman–Crippen MR) is 262 cm³/mol. The zero-order valence-corrected chi connectivity index (χ0v) is 40.6. The molecule has 0 rings (SSSR count). The summed E-state index contributed by atoms with van der Waals surface area (Å²) in [6, 6.07) is 0. The van der Waals surface area contributed by atoms with Crippen LogP contribution >= 0.6 is 0 Å². The van der Waals surface area contributed by atoms with Gasteiger partial charge in [-0.1, -0.05) is 334 Å². The lowest BCUT2D eigenvalue weighted by molar-refractivity contribution is 0.143. The van der Waals surface area contributed by atoms with Gasteiger partial charge in [-0.05, 0) is 13.3 Å². The molecule has 0 unspecified atom stereocenters. The Bertz CT molecular complexity index is 589. The smallest absolute Gasteiger partial charge is 0.0465 e. The molecule has 0 N–H and O–H groups in total. The summed E-state index contributed by atoms with van der Waals surface area (Å²) in [7, 11) is 0. The molecule has 0 aromatic rings. The monoisotopic (exact) mass is 803 g/mol. The molecule has 0 aromatic heterocycles. The second-order valence-corrected chi connectivity index (χ2v) is 19.2. The summed E-state index contributed by atoms with van der Waals surface area (Å²) < 4.78 is 5.42. The maximum absolute atomic E-state index is 5.42. The molecule has 0 heterocycles. The summed E-state index contributed by atoms with van der Waals surface area (Å²) in [6.07, 6.45) is 76.8. The molecule has 0 aliphatic heterocycles. The van der Waals surface area contributed by atoms with Gasteiger partial charge in [0.1, 0.15) is 0 Å². The lowest BCUT2D eigenvalue weighted by Gasteiger charge is -2.05. The van der Waals surface area contributed by atoms with Crippen LogP contribution < -0.4 is 0 Å². The highest BCUT2D eigenvalue weighted by molar-refractivity contribution is 4.55. The maximum atomic E-state index is 5.42. The van der Waals surface area contributed by atoms with E-state index >= 15 is 0 Å². The fourth-order valence-electron chi connectivity index (χ4n) is 9.26. The van der Waals surface area contributed by atoms with Crippen LogP contribution in [0.3, 0.4) is 0 Å². The van der Waals surface area contributed by atoms with E-state index in [1.807, 2.05) is 0 Å². The van der Waals surface area contributed by atoms with E-state index in [1.54, 1.807) is 0 Å². The Hall–Kier alpha value is -0.0400. The van der Waals surface area contributed by atoms with E-state index < -0.39 is 0 Å². The maximum Gasteiger partial charge on any atom is 0.0465 e. The average Bonchev–Trinajstić information content (AvgIpc) is 3.22. The van der Waals surface area contributed by atoms with E-state index in [0.717, 1.165) is 13.2 Å². The van der Waals surface area contributed by atoms with Crippen molar-refractivity contribution in [3.05, 3.63) is 0 Å². The molecule has 0 spiro atoms. The highest BCUT2D eigenvalue weighted by Crippen LogP contribution is 2.19. The molecule has 0 atom stereocenters. The van der Waals surface area contributed by atoms with Crippen LogP contribution in [-0.4, -0.2) is 13.2 Å². The van der Waals surface area contributed by atoms with E-state index in [4.69, 9.17) is 4.74 Å². The summed E-state index contributed by atoms with van der Waals surface area (Å²) in [5, 5.41) is 0. The van der Waals surface area contributed by atoms with Crippen molar-refractivity contribution in [2.75, 3.05) is 13.2 Å². The first-order valence-electron chi connectivity index (χ1n) is 28.0. The Labute approximate surface area is 364 Å². The largest absolute Gasteiger partial charge is 0.382 e. The highest BCUT2D eigenvalue weighted by Gasteiger charge is 1.99. The normalized spacial score (nSPS) is 11.7. The molecule has 0 aromatic carbocycles. The van der Waals surface area contributed by atoms with Gasteiger partial charge in [0.05, 0.1) is 0 Å². The Balaban J connectivity index is 3.05. The second-order valence-electron chi connectivity index (χ2n) is 19.2. The van der Waals surface area contributed by atoms with Crippen molar-refractivity contribution < 1.29 is 4.74 Å². The van der Waals surface area contributed by atoms with Crippen molar-refractivity contribution in [1.29, 1.82) is 0 Å². The van der Waals surface area contributed by atoms with Gasteiger partial charge in [-0.15, -0.1) is 0 Å². The van der Waals surface area contributed by atoms with Crippen molar-refractivity contribution in [1.82, 2.24) is 0 Å². The number of hydrogen-bond acceptors (Lipinski definition) is 1. The van der Waals surface area contributed by atoms with E-state index in [9.17, 15) is 0 Å². The first kappa shape index (κ1) is 57.0. The van der Waals surface area contributed by atoms with E-state index in [1.165, 1.54) is 334 Å². The zero-order valence-electron chi connectivity index (χ0n) is 40.6. The van der Waals surface area contributed by atoms with Gasteiger partial charge in [-0.3, -0.25) is 0 Å². The predicted octanol–water partition coefficient (Wildman–Crippen LogP) is 21.3. The van der Waals surface area contributed by atoms with Gasteiger partial charge in [-0.25, -0.2) is 0 Å². The van der Waals surface area contributed by atoms with Crippen LogP contribution in [-0.2, 0) is 4.74 Å². The van der Waals surface area contributed by atoms with Crippen LogP contribution in [0.1, 0.15) is 348 Å². The van der Waals surface area contributed by atoms with E-state index in [0.29, 0.717) is 0 Å². The zero-order chi connectivity index (χ0) is 40.9. The third kappa shape index (κ3) is 56.0. The average molecular weight is 804 g/mol. The minimum Gasteiger partial charge on any atom is -0.382 e. The van der Waals surface area contributed by atoms with Gasteiger partial charge in [0.25, 0.3) is 0 Å². The van der Waals surface area contributed by atoms with E-state index in [2.05, 4.69) is 13.8 Å². The molecule has 0 fully saturated rings. The highest BCUT2D eigenvalue weighted by atomic mass is 16.5. The summed E-state index contributed by atoms with van der Waals surface area (Å²) in [6.45, 7) is 6.25. The van der Waals surface area contributed by atoms with Gasteiger partial charge >= 0.3 is 0 Å². The Kier molecular flexibility index (Phi) is 55.9. The SMILES string of the molecule is CCCCCCCCCCCCCCCCCCCCCCCCCCCCCCCCCCCCCCCCCCCCCCCCCCCCCCOCC. The van der Waals surface area contributed by atoms with Crippen LogP contribution in [0.25, 0.3) is 0 Å². The minimum atomic E-state index is 0.875. The Morgan fingerprint density at radius 3 is 0.404 bits per heavy atom. The quantitative estimate of drug-likeness (QED) is 0.0557. The molecular formula is C56H114O. The summed E-state index contributed by atoms with van der Waals surface area (Å²) in [4.78, 5) is 0. The Morgan fingerprint density at radius 2 is 0.281 bits per heavy atom. The van der Waals surface area contributed by atoms with Crippen molar-refractivity contribution in [3.63, 3.8) is 0 Å². The number of rotatable bonds is 54. The van der Waals surface area contributed by atoms with Crippen LogP contribution in [0.5, 0.6) is 0 Å². The molecule has 0 saturated carbocycles. The molecule has 344 valence electrons. The summed E-state index contributed by atoms with van der Waals surface area (Å²) in [5.41, 5.74) is 0. The first-order valence-corrected chi connectivity index (χ1v) is 28.0. The number of ether oxygens (including phenoxy) is 1. The number of hydrogen-bond donors (Lipinski definition) is 0. The molecule has 0 saturated heterocycles. The summed E-state index contributed by atoms with van der Waals surface area (Å²) in [5.74, 6) is 0. The number of unbranched alkanes of at least 4 members (excludes halogenated alkanes) is 51. The van der Waals surface area contributed by atoms with Crippen molar-refractivity contribution in [2.45, 2.75) is 348 Å². The standard InChI is InChI=1S/C56H114O/c1-3-5-6-7-8-9-10-11-12-13-14-15-16-17-18-19-20-21-22-23-24-25-26-27-28-29-30-31-32-33-34-35-36-37-38-39-40-41-42-43-44-45-46-47-48-49-50-51-52-53-54-55-56-57-4-2/h3-56H2,1-2H3. The molecule has 0 bridgehead atoms. The third-order valence-corrected chi connectivity index (χ3v) is 13.3. The molecule has 1 nitrogen and oxygen atoms in total. The second kappa shape index (κ2) is 56.0. The molecular weight excluding hydrogens is 689 g/mol. The minimum absolute atomic E-state index is 0.875. The first-order chi connectivity index (χ1) is 28.4. The molecule has 57 heavy (non-hydrogen) atoms. The van der Waals surface area contributed by atoms with Crippen molar-refractivity contribution in [3.8, 4) is 0 Å². The molecule has 1 heteroatoms. The fourth-order valence-corrected chi connectivity index (χ4v) is 9.26. The Morgan fingerprint density at radius 1 is 0.158 bits per heavy atom. The van der Waals surface area contributed by atoms with Crippen molar-refractivity contribution in [2.24, 2.45) is 0 Å². The molecule has 0 aliphatic carbocycles. The van der Waals surface area contributed by atoms with Gasteiger partial charge < -0.3 is 4.74 Å². The lowest BCUT2D eigenvalue weighted by Crippen LogP contribution is -1.92. The molecule has 0 radical (unpaired) electrons. The van der Waals surface area contributed by atoms with Gasteiger partial charge in [-0.2, -0.15) is 0 Å². The van der Waals surface area contributed by atoms with Crippen molar-refractivity contribution >= 4 is 0 Å². The van der Waals surface area contributed by atoms with Crippen LogP contribution in [0.15, 0.2) is 0 Å². The van der Waals surface area contributed by atoms with Crippen LogP contribution in [0.4, 0.5) is 0 Å². The molecule has 0 aliphatic rings.